The number of hydrogen-bond donors (Lipinski definition) is 2. The molecule has 0 atom stereocenters. The monoisotopic (exact) mass is 303 g/mol. The van der Waals surface area contributed by atoms with E-state index in [1.807, 2.05) is 0 Å². The number of benzene rings is 1. The lowest BCUT2D eigenvalue weighted by Gasteiger charge is -2.06. The molecule has 1 aromatic carbocycles. The van der Waals surface area contributed by atoms with E-state index in [0.717, 1.165) is 0 Å². The topological polar surface area (TPSA) is 92.7 Å². The van der Waals surface area contributed by atoms with Gasteiger partial charge < -0.3 is 19.2 Å². The fourth-order valence-electron chi connectivity index (χ4n) is 2.32. The largest absolute Gasteiger partial charge is 0.477 e. The number of carbonyl (C=O) groups is 2. The van der Waals surface area contributed by atoms with Gasteiger partial charge in [-0.1, -0.05) is 0 Å². The summed E-state index contributed by atoms with van der Waals surface area (Å²) in [7, 11) is 0. The molecule has 0 unspecified atom stereocenters. The Hall–Kier alpha value is -3.09. The van der Waals surface area contributed by atoms with Crippen LogP contribution in [0.1, 0.15) is 26.8 Å². The van der Waals surface area contributed by atoms with E-state index < -0.39 is 17.8 Å². The van der Waals surface area contributed by atoms with Gasteiger partial charge in [-0.3, -0.25) is 0 Å². The second-order valence-electron chi connectivity index (χ2n) is 4.70. The summed E-state index contributed by atoms with van der Waals surface area (Å²) in [5.41, 5.74) is 0.487. The summed E-state index contributed by atoms with van der Waals surface area (Å²) in [6.45, 7) is 0.0318. The van der Waals surface area contributed by atoms with Gasteiger partial charge >= 0.3 is 11.9 Å². The van der Waals surface area contributed by atoms with Crippen LogP contribution in [0.4, 0.5) is 4.39 Å². The zero-order chi connectivity index (χ0) is 15.9. The third-order valence-electron chi connectivity index (χ3n) is 3.27. The Morgan fingerprint density at radius 1 is 1.09 bits per heavy atom. The van der Waals surface area contributed by atoms with Gasteiger partial charge in [0, 0.05) is 10.9 Å². The number of nitrogens with zero attached hydrogens (tertiary/aromatic N) is 1. The van der Waals surface area contributed by atoms with E-state index in [4.69, 9.17) is 9.52 Å². The number of carboxylic acids is 2. The minimum Gasteiger partial charge on any atom is -0.477 e. The van der Waals surface area contributed by atoms with Crippen LogP contribution >= 0.6 is 0 Å². The van der Waals surface area contributed by atoms with Gasteiger partial charge in [-0.05, 0) is 36.4 Å². The summed E-state index contributed by atoms with van der Waals surface area (Å²) in [5, 5.41) is 18.5. The highest BCUT2D eigenvalue weighted by Crippen LogP contribution is 2.23. The van der Waals surface area contributed by atoms with Gasteiger partial charge in [0.15, 0.2) is 0 Å². The van der Waals surface area contributed by atoms with E-state index in [0.29, 0.717) is 16.7 Å². The molecule has 0 fully saturated rings. The van der Waals surface area contributed by atoms with Crippen molar-refractivity contribution in [3.05, 3.63) is 59.4 Å². The average molecular weight is 303 g/mol. The SMILES string of the molecule is O=C(O)c1ccc(Cn2c(C(=O)O)cc3cc(F)ccc32)o1. The number of hydrogen-bond acceptors (Lipinski definition) is 3. The summed E-state index contributed by atoms with van der Waals surface area (Å²) in [6.07, 6.45) is 0. The van der Waals surface area contributed by atoms with E-state index in [2.05, 4.69) is 0 Å². The smallest absolute Gasteiger partial charge is 0.371 e. The van der Waals surface area contributed by atoms with Crippen molar-refractivity contribution in [2.24, 2.45) is 0 Å². The first-order chi connectivity index (χ1) is 10.5. The van der Waals surface area contributed by atoms with Gasteiger partial charge in [0.2, 0.25) is 5.76 Å². The first-order valence-electron chi connectivity index (χ1n) is 6.30. The highest BCUT2D eigenvalue weighted by molar-refractivity contribution is 5.94. The van der Waals surface area contributed by atoms with Gasteiger partial charge in [0.25, 0.3) is 0 Å². The third kappa shape index (κ3) is 2.32. The Balaban J connectivity index is 2.09. The number of rotatable bonds is 4. The molecule has 2 N–H and O–H groups in total. The quantitative estimate of drug-likeness (QED) is 0.773. The lowest BCUT2D eigenvalue weighted by atomic mass is 10.2. The lowest BCUT2D eigenvalue weighted by Crippen LogP contribution is -2.08. The van der Waals surface area contributed by atoms with E-state index in [-0.39, 0.29) is 18.0 Å². The van der Waals surface area contributed by atoms with Gasteiger partial charge in [-0.2, -0.15) is 0 Å². The van der Waals surface area contributed by atoms with Crippen LogP contribution in [0.5, 0.6) is 0 Å². The van der Waals surface area contributed by atoms with Crippen LogP contribution < -0.4 is 0 Å². The molecule has 112 valence electrons. The van der Waals surface area contributed by atoms with Gasteiger partial charge in [-0.25, -0.2) is 14.0 Å². The third-order valence-corrected chi connectivity index (χ3v) is 3.27. The molecule has 22 heavy (non-hydrogen) atoms. The molecule has 0 bridgehead atoms. The molecule has 0 spiro atoms. The summed E-state index contributed by atoms with van der Waals surface area (Å²) in [5.74, 6) is -2.77. The first kappa shape index (κ1) is 13.9. The number of aromatic nitrogens is 1. The van der Waals surface area contributed by atoms with E-state index in [1.165, 1.54) is 41.0 Å². The van der Waals surface area contributed by atoms with Crippen LogP contribution in [0.15, 0.2) is 40.8 Å². The highest BCUT2D eigenvalue weighted by atomic mass is 19.1. The first-order valence-corrected chi connectivity index (χ1v) is 6.30. The van der Waals surface area contributed by atoms with Crippen molar-refractivity contribution in [1.29, 1.82) is 0 Å². The van der Waals surface area contributed by atoms with E-state index >= 15 is 0 Å². The summed E-state index contributed by atoms with van der Waals surface area (Å²) in [4.78, 5) is 22.1. The van der Waals surface area contributed by atoms with Crippen molar-refractivity contribution in [2.75, 3.05) is 0 Å². The second kappa shape index (κ2) is 5.03. The predicted molar refractivity (Wildman–Crippen MR) is 73.6 cm³/mol. The number of fused-ring (bicyclic) bond motifs is 1. The molecule has 0 aliphatic carbocycles. The molecule has 7 heteroatoms. The summed E-state index contributed by atoms with van der Waals surface area (Å²) >= 11 is 0. The van der Waals surface area contributed by atoms with Crippen molar-refractivity contribution in [3.8, 4) is 0 Å². The fraction of sp³-hybridized carbons (Fsp3) is 0.0667. The molecule has 0 saturated heterocycles. The number of carboxylic acid groups (broad SMARTS) is 2. The van der Waals surface area contributed by atoms with E-state index in [9.17, 15) is 19.1 Å². The highest BCUT2D eigenvalue weighted by Gasteiger charge is 2.17. The van der Waals surface area contributed by atoms with Crippen molar-refractivity contribution in [1.82, 2.24) is 4.57 Å². The average Bonchev–Trinajstić information content (AvgIpc) is 3.04. The normalized spacial score (nSPS) is 11.0. The maximum atomic E-state index is 13.3. The minimum atomic E-state index is -1.20. The molecule has 0 amide bonds. The van der Waals surface area contributed by atoms with Crippen molar-refractivity contribution in [3.63, 3.8) is 0 Å². The van der Waals surface area contributed by atoms with Crippen LogP contribution in [0, 0.1) is 5.82 Å². The van der Waals surface area contributed by atoms with Gasteiger partial charge in [0.05, 0.1) is 6.54 Å². The van der Waals surface area contributed by atoms with Crippen LogP contribution in [0.2, 0.25) is 0 Å². The molecule has 6 nitrogen and oxygen atoms in total. The molecule has 0 aliphatic heterocycles. The Labute approximate surface area is 123 Å². The van der Waals surface area contributed by atoms with E-state index in [1.54, 1.807) is 0 Å². The maximum absolute atomic E-state index is 13.3. The molecule has 3 aromatic rings. The van der Waals surface area contributed by atoms with Crippen LogP contribution in [-0.2, 0) is 6.54 Å². The Morgan fingerprint density at radius 3 is 2.50 bits per heavy atom. The second-order valence-corrected chi connectivity index (χ2v) is 4.70. The maximum Gasteiger partial charge on any atom is 0.371 e. The number of halogens is 1. The molecule has 2 aromatic heterocycles. The molecular weight excluding hydrogens is 293 g/mol. The van der Waals surface area contributed by atoms with Crippen LogP contribution in [-0.4, -0.2) is 26.7 Å². The van der Waals surface area contributed by atoms with Crippen LogP contribution in [0.25, 0.3) is 10.9 Å². The Kier molecular flexibility index (Phi) is 3.17. The summed E-state index contributed by atoms with van der Waals surface area (Å²) in [6, 6.07) is 8.06. The summed E-state index contributed by atoms with van der Waals surface area (Å²) < 4.78 is 19.8. The molecule has 0 aliphatic rings. The van der Waals surface area contributed by atoms with Crippen molar-refractivity contribution in [2.45, 2.75) is 6.54 Å². The lowest BCUT2D eigenvalue weighted by molar-refractivity contribution is 0.0654. The fourth-order valence-corrected chi connectivity index (χ4v) is 2.32. The number of aromatic carboxylic acids is 2. The molecule has 2 heterocycles. The van der Waals surface area contributed by atoms with Gasteiger partial charge in [0.1, 0.15) is 17.3 Å². The Bertz CT molecular complexity index is 893. The standard InChI is InChI=1S/C15H10FNO5/c16-9-1-3-11-8(5-9)6-12(14(18)19)17(11)7-10-2-4-13(22-10)15(20)21/h1-6H,7H2,(H,18,19)(H,20,21). The zero-order valence-electron chi connectivity index (χ0n) is 11.1. The van der Waals surface area contributed by atoms with Gasteiger partial charge in [-0.15, -0.1) is 0 Å². The molecule has 0 saturated carbocycles. The number of furan rings is 1. The predicted octanol–water partition coefficient (Wildman–Crippen LogP) is 2.82. The van der Waals surface area contributed by atoms with Crippen molar-refractivity contribution < 1.29 is 28.6 Å². The molecule has 3 rings (SSSR count). The zero-order valence-corrected chi connectivity index (χ0v) is 11.1. The molecular formula is C15H10FNO5. The van der Waals surface area contributed by atoms with Crippen molar-refractivity contribution >= 4 is 22.8 Å². The minimum absolute atomic E-state index is 0.0318. The molecule has 0 radical (unpaired) electrons. The Morgan fingerprint density at radius 2 is 1.86 bits per heavy atom. The van der Waals surface area contributed by atoms with Crippen LogP contribution in [0.3, 0.4) is 0 Å².